The zero-order chi connectivity index (χ0) is 27.6. The number of hydrogen-bond acceptors (Lipinski definition) is 8. The summed E-state index contributed by atoms with van der Waals surface area (Å²) in [6.07, 6.45) is 9.53. The molecule has 0 atom stereocenters. The summed E-state index contributed by atoms with van der Waals surface area (Å²) in [6.45, 7) is 3.95. The van der Waals surface area contributed by atoms with Gasteiger partial charge in [-0.2, -0.15) is 0 Å². The molecule has 0 unspecified atom stereocenters. The number of nitrogens with one attached hydrogen (secondary N) is 2. The summed E-state index contributed by atoms with van der Waals surface area (Å²) in [5, 5.41) is 6.44. The molecule has 1 aliphatic carbocycles. The van der Waals surface area contributed by atoms with Crippen LogP contribution < -0.4 is 20.1 Å². The van der Waals surface area contributed by atoms with Crippen molar-refractivity contribution in [1.82, 2.24) is 20.3 Å². The number of unbranched alkanes of at least 4 members (excludes halogenated alkanes) is 2. The molecule has 9 nitrogen and oxygen atoms in total. The minimum atomic E-state index is -0.332. The van der Waals surface area contributed by atoms with Gasteiger partial charge in [0.2, 0.25) is 5.88 Å². The van der Waals surface area contributed by atoms with Gasteiger partial charge in [0.05, 0.1) is 41.7 Å². The summed E-state index contributed by atoms with van der Waals surface area (Å²) in [5.41, 5.74) is 2.30. The maximum absolute atomic E-state index is 15.0. The Bertz CT molecular complexity index is 1380. The van der Waals surface area contributed by atoms with Crippen LogP contribution in [0.2, 0.25) is 0 Å². The quantitative estimate of drug-likeness (QED) is 0.326. The fraction of sp³-hybridized carbons (Fsp3) is 0.533. The highest BCUT2D eigenvalue weighted by atomic mass is 19.1. The van der Waals surface area contributed by atoms with Crippen molar-refractivity contribution in [3.05, 3.63) is 47.5 Å². The Labute approximate surface area is 233 Å². The fourth-order valence-corrected chi connectivity index (χ4v) is 5.97. The second kappa shape index (κ2) is 11.2. The molecule has 3 aliphatic heterocycles. The van der Waals surface area contributed by atoms with E-state index in [0.29, 0.717) is 60.2 Å². The van der Waals surface area contributed by atoms with Gasteiger partial charge >= 0.3 is 0 Å². The van der Waals surface area contributed by atoms with Crippen molar-refractivity contribution in [3.8, 4) is 11.6 Å². The Balaban J connectivity index is 1.07. The SMILES string of the molecule is CCCCCOc1ccc2ncc(F)c(CCC34CCC(NCc5ccc6c(n5)NC(=O)CO6)(CC3)CO4)c2n1. The van der Waals surface area contributed by atoms with Crippen LogP contribution in [0.25, 0.3) is 11.0 Å². The summed E-state index contributed by atoms with van der Waals surface area (Å²) < 4.78 is 32.7. The molecule has 0 spiro atoms. The Morgan fingerprint density at radius 2 is 2.00 bits per heavy atom. The predicted octanol–water partition coefficient (Wildman–Crippen LogP) is 4.87. The molecule has 7 rings (SSSR count). The Morgan fingerprint density at radius 1 is 1.12 bits per heavy atom. The highest BCUT2D eigenvalue weighted by Crippen LogP contribution is 2.46. The monoisotopic (exact) mass is 549 g/mol. The molecular weight excluding hydrogens is 513 g/mol. The lowest BCUT2D eigenvalue weighted by molar-refractivity contribution is -0.165. The number of carbonyl (C=O) groups is 1. The Hall–Kier alpha value is -3.37. The van der Waals surface area contributed by atoms with E-state index in [1.54, 1.807) is 0 Å². The first-order valence-electron chi connectivity index (χ1n) is 14.4. The molecule has 0 aromatic carbocycles. The van der Waals surface area contributed by atoms with E-state index in [4.69, 9.17) is 14.2 Å². The second-order valence-electron chi connectivity index (χ2n) is 11.2. The second-order valence-corrected chi connectivity index (χ2v) is 11.2. The first-order chi connectivity index (χ1) is 19.5. The van der Waals surface area contributed by atoms with E-state index >= 15 is 4.39 Å². The molecule has 3 fully saturated rings. The van der Waals surface area contributed by atoms with Crippen LogP contribution in [0.3, 0.4) is 0 Å². The van der Waals surface area contributed by atoms with Crippen molar-refractivity contribution >= 4 is 22.8 Å². The van der Waals surface area contributed by atoms with E-state index in [1.807, 2.05) is 24.3 Å². The van der Waals surface area contributed by atoms with Gasteiger partial charge in [0, 0.05) is 23.7 Å². The van der Waals surface area contributed by atoms with E-state index in [0.717, 1.165) is 57.1 Å². The lowest BCUT2D eigenvalue weighted by Gasteiger charge is -2.53. The highest BCUT2D eigenvalue weighted by molar-refractivity contribution is 5.94. The van der Waals surface area contributed by atoms with Crippen LogP contribution in [-0.4, -0.2) is 51.8 Å². The third-order valence-electron chi connectivity index (χ3n) is 8.52. The maximum Gasteiger partial charge on any atom is 0.263 e. The van der Waals surface area contributed by atoms with Crippen LogP contribution in [0.4, 0.5) is 10.2 Å². The van der Waals surface area contributed by atoms with Crippen LogP contribution in [0, 0.1) is 5.82 Å². The van der Waals surface area contributed by atoms with Crippen molar-refractivity contribution in [1.29, 1.82) is 0 Å². The largest absolute Gasteiger partial charge is 0.480 e. The van der Waals surface area contributed by atoms with E-state index in [1.165, 1.54) is 6.20 Å². The fourth-order valence-electron chi connectivity index (χ4n) is 5.97. The molecule has 2 N–H and O–H groups in total. The van der Waals surface area contributed by atoms with Crippen molar-refractivity contribution in [2.75, 3.05) is 25.1 Å². The van der Waals surface area contributed by atoms with Crippen molar-refractivity contribution in [2.45, 2.75) is 82.4 Å². The molecule has 212 valence electrons. The molecule has 2 saturated heterocycles. The van der Waals surface area contributed by atoms with Gasteiger partial charge in [-0.1, -0.05) is 19.8 Å². The molecule has 6 heterocycles. The van der Waals surface area contributed by atoms with Gasteiger partial charge in [0.25, 0.3) is 5.91 Å². The van der Waals surface area contributed by atoms with Gasteiger partial charge in [-0.05, 0) is 63.1 Å². The van der Waals surface area contributed by atoms with Crippen LogP contribution in [0.1, 0.15) is 69.5 Å². The number of ether oxygens (including phenoxy) is 3. The van der Waals surface area contributed by atoms with Gasteiger partial charge in [0.1, 0.15) is 5.82 Å². The Kier molecular flexibility index (Phi) is 7.55. The number of pyridine rings is 3. The van der Waals surface area contributed by atoms with Crippen molar-refractivity contribution in [3.63, 3.8) is 0 Å². The van der Waals surface area contributed by atoms with E-state index in [2.05, 4.69) is 32.5 Å². The number of carbonyl (C=O) groups excluding carboxylic acids is 1. The van der Waals surface area contributed by atoms with Crippen LogP contribution >= 0.6 is 0 Å². The average molecular weight is 550 g/mol. The molecule has 3 aromatic rings. The lowest BCUT2D eigenvalue weighted by Crippen LogP contribution is -2.61. The number of aryl methyl sites for hydroxylation is 1. The molecule has 10 heteroatoms. The van der Waals surface area contributed by atoms with Gasteiger partial charge in [-0.3, -0.25) is 9.78 Å². The number of nitrogens with zero attached hydrogens (tertiary/aromatic N) is 3. The molecule has 4 aliphatic rings. The third-order valence-corrected chi connectivity index (χ3v) is 8.52. The van der Waals surface area contributed by atoms with Gasteiger partial charge in [-0.15, -0.1) is 0 Å². The molecule has 1 amide bonds. The minimum absolute atomic E-state index is 0.0175. The number of fused-ring (bicyclic) bond motifs is 5. The number of anilines is 1. The lowest BCUT2D eigenvalue weighted by atomic mass is 9.69. The summed E-state index contributed by atoms with van der Waals surface area (Å²) in [7, 11) is 0. The first-order valence-corrected chi connectivity index (χ1v) is 14.4. The van der Waals surface area contributed by atoms with Crippen molar-refractivity contribution < 1.29 is 23.4 Å². The molecule has 3 aromatic heterocycles. The van der Waals surface area contributed by atoms with Crippen LogP contribution in [0.5, 0.6) is 11.6 Å². The summed E-state index contributed by atoms with van der Waals surface area (Å²) in [5.74, 6) is 1.05. The van der Waals surface area contributed by atoms with Gasteiger partial charge in [0.15, 0.2) is 18.2 Å². The zero-order valence-corrected chi connectivity index (χ0v) is 22.9. The van der Waals surface area contributed by atoms with E-state index in [9.17, 15) is 4.79 Å². The van der Waals surface area contributed by atoms with Gasteiger partial charge < -0.3 is 24.8 Å². The molecule has 40 heavy (non-hydrogen) atoms. The normalized spacial score (nSPS) is 23.5. The number of aromatic nitrogens is 3. The minimum Gasteiger partial charge on any atom is -0.480 e. The number of amides is 1. The van der Waals surface area contributed by atoms with E-state index in [-0.39, 0.29) is 29.5 Å². The number of rotatable bonds is 11. The molecule has 0 radical (unpaired) electrons. The third kappa shape index (κ3) is 5.60. The van der Waals surface area contributed by atoms with Crippen LogP contribution in [0.15, 0.2) is 30.5 Å². The maximum atomic E-state index is 15.0. The topological polar surface area (TPSA) is 107 Å². The van der Waals surface area contributed by atoms with Crippen LogP contribution in [-0.2, 0) is 22.5 Å². The highest BCUT2D eigenvalue weighted by Gasteiger charge is 2.49. The Morgan fingerprint density at radius 3 is 2.80 bits per heavy atom. The van der Waals surface area contributed by atoms with E-state index < -0.39 is 0 Å². The smallest absolute Gasteiger partial charge is 0.263 e. The van der Waals surface area contributed by atoms with Gasteiger partial charge in [-0.25, -0.2) is 14.4 Å². The average Bonchev–Trinajstić information content (AvgIpc) is 2.98. The summed E-state index contributed by atoms with van der Waals surface area (Å²) in [6, 6.07) is 7.43. The van der Waals surface area contributed by atoms with Crippen molar-refractivity contribution in [2.24, 2.45) is 0 Å². The first kappa shape index (κ1) is 26.8. The summed E-state index contributed by atoms with van der Waals surface area (Å²) in [4.78, 5) is 25.1. The molecule has 1 saturated carbocycles. The molecule has 2 bridgehead atoms. The standard InChI is InChI=1S/C30H36FN5O4/c1-2-3-4-15-38-26-8-6-23-27(36-26)21(22(31)17-32-23)9-10-30-13-11-29(12-14-30,19-40-30)33-16-20-5-7-24-28(34-20)35-25(37)18-39-24/h5-8,17,33H,2-4,9-16,18-19H2,1H3,(H,34,35,37). The zero-order valence-electron chi connectivity index (χ0n) is 22.9. The molecular formula is C30H36FN5O4. The number of hydrogen-bond donors (Lipinski definition) is 2. The number of halogens is 1. The predicted molar refractivity (Wildman–Crippen MR) is 148 cm³/mol. The summed E-state index contributed by atoms with van der Waals surface area (Å²) >= 11 is 0.